The molecular formula is C23H25NO6. The average molecular weight is 411 g/mol. The first-order valence-electron chi connectivity index (χ1n) is 9.71. The van der Waals surface area contributed by atoms with Crippen molar-refractivity contribution in [1.29, 1.82) is 0 Å². The molecule has 3 rings (SSSR count). The van der Waals surface area contributed by atoms with Crippen LogP contribution < -0.4 is 5.32 Å². The van der Waals surface area contributed by atoms with E-state index < -0.39 is 36.1 Å². The van der Waals surface area contributed by atoms with Crippen molar-refractivity contribution < 1.29 is 29.0 Å². The zero-order valence-corrected chi connectivity index (χ0v) is 17.2. The molecule has 0 saturated carbocycles. The van der Waals surface area contributed by atoms with Crippen molar-refractivity contribution in [3.63, 3.8) is 0 Å². The summed E-state index contributed by atoms with van der Waals surface area (Å²) in [7, 11) is 0. The van der Waals surface area contributed by atoms with E-state index >= 15 is 0 Å². The Morgan fingerprint density at radius 3 is 2.47 bits per heavy atom. The smallest absolute Gasteiger partial charge is 0.408 e. The van der Waals surface area contributed by atoms with E-state index in [1.807, 2.05) is 30.3 Å². The number of nitrogens with one attached hydrogen (secondary N) is 1. The Bertz CT molecular complexity index is 976. The zero-order valence-electron chi connectivity index (χ0n) is 17.2. The Hall–Kier alpha value is -3.35. The lowest BCUT2D eigenvalue weighted by atomic mass is 10.0. The number of esters is 1. The predicted molar refractivity (Wildman–Crippen MR) is 110 cm³/mol. The zero-order chi connectivity index (χ0) is 21.9. The van der Waals surface area contributed by atoms with Crippen molar-refractivity contribution in [2.24, 2.45) is 0 Å². The quantitative estimate of drug-likeness (QED) is 0.600. The monoisotopic (exact) mass is 411 g/mol. The van der Waals surface area contributed by atoms with Crippen molar-refractivity contribution in [1.82, 2.24) is 5.32 Å². The van der Waals surface area contributed by atoms with E-state index in [1.165, 1.54) is 11.1 Å². The van der Waals surface area contributed by atoms with Crippen LogP contribution in [0.25, 0.3) is 11.1 Å². The lowest BCUT2D eigenvalue weighted by molar-refractivity contribution is -0.158. The Labute approximate surface area is 175 Å². The molecule has 0 fully saturated rings. The molecule has 0 aromatic heterocycles. The van der Waals surface area contributed by atoms with E-state index in [-0.39, 0.29) is 6.61 Å². The fourth-order valence-corrected chi connectivity index (χ4v) is 3.44. The predicted octanol–water partition coefficient (Wildman–Crippen LogP) is 3.67. The minimum absolute atomic E-state index is 0.00176. The Morgan fingerprint density at radius 2 is 1.77 bits per heavy atom. The summed E-state index contributed by atoms with van der Waals surface area (Å²) in [6, 6.07) is 12.5. The Morgan fingerprint density at radius 1 is 1.07 bits per heavy atom. The van der Waals surface area contributed by atoms with Gasteiger partial charge in [-0.2, -0.15) is 0 Å². The number of carbonyl (C=O) groups excluding carboxylic acids is 2. The standard InChI is InChI=1S/C23H25NO6/c1-23(2,3)30-20(25)12-19(21(26)27)24-22(28)29-13-15-8-6-10-17-16-9-5-4-7-14(16)11-18(15)17/h4-10,19H,11-13H2,1-3H3,(H,24,28)(H,26,27). The number of hydrogen-bond donors (Lipinski definition) is 2. The van der Waals surface area contributed by atoms with E-state index in [9.17, 15) is 19.5 Å². The molecule has 0 saturated heterocycles. The number of aliphatic carboxylic acids is 1. The molecule has 0 bridgehead atoms. The number of amides is 1. The lowest BCUT2D eigenvalue weighted by Gasteiger charge is -2.21. The summed E-state index contributed by atoms with van der Waals surface area (Å²) in [6.07, 6.45) is -0.639. The molecule has 2 N–H and O–H groups in total. The van der Waals surface area contributed by atoms with E-state index in [0.29, 0.717) is 0 Å². The number of carboxylic acid groups (broad SMARTS) is 1. The SMILES string of the molecule is CC(C)(C)OC(=O)CC(NC(=O)OCc1cccc2c1Cc1ccccc1-2)C(=O)O. The number of fused-ring (bicyclic) bond motifs is 3. The lowest BCUT2D eigenvalue weighted by Crippen LogP contribution is -2.43. The highest BCUT2D eigenvalue weighted by Gasteiger charge is 2.27. The van der Waals surface area contributed by atoms with Gasteiger partial charge in [0.05, 0.1) is 6.42 Å². The molecule has 0 spiro atoms. The minimum atomic E-state index is -1.43. The normalized spacial score (nSPS) is 13.0. The third-order valence-corrected chi connectivity index (χ3v) is 4.69. The number of carboxylic acids is 1. The molecule has 0 aliphatic heterocycles. The Kier molecular flexibility index (Phi) is 6.10. The molecule has 7 nitrogen and oxygen atoms in total. The van der Waals surface area contributed by atoms with Gasteiger partial charge in [0.25, 0.3) is 0 Å². The number of ether oxygens (including phenoxy) is 2. The Balaban J connectivity index is 1.61. The van der Waals surface area contributed by atoms with E-state index in [2.05, 4.69) is 17.4 Å². The van der Waals surface area contributed by atoms with E-state index in [1.54, 1.807) is 20.8 Å². The van der Waals surface area contributed by atoms with Crippen LogP contribution in [0.15, 0.2) is 42.5 Å². The average Bonchev–Trinajstić information content (AvgIpc) is 3.03. The van der Waals surface area contributed by atoms with Gasteiger partial charge in [0.15, 0.2) is 0 Å². The molecule has 0 radical (unpaired) electrons. The second-order valence-electron chi connectivity index (χ2n) is 8.18. The summed E-state index contributed by atoms with van der Waals surface area (Å²) in [4.78, 5) is 35.5. The third-order valence-electron chi connectivity index (χ3n) is 4.69. The maximum Gasteiger partial charge on any atom is 0.408 e. The van der Waals surface area contributed by atoms with E-state index in [4.69, 9.17) is 9.47 Å². The summed E-state index contributed by atoms with van der Waals surface area (Å²) in [5.41, 5.74) is 4.70. The number of benzene rings is 2. The van der Waals surface area contributed by atoms with Crippen LogP contribution >= 0.6 is 0 Å². The van der Waals surface area contributed by atoms with Crippen molar-refractivity contribution in [3.8, 4) is 11.1 Å². The highest BCUT2D eigenvalue weighted by atomic mass is 16.6. The largest absolute Gasteiger partial charge is 0.480 e. The van der Waals surface area contributed by atoms with Crippen LogP contribution in [0.2, 0.25) is 0 Å². The molecular weight excluding hydrogens is 386 g/mol. The van der Waals surface area contributed by atoms with Gasteiger partial charge in [0.1, 0.15) is 18.2 Å². The molecule has 1 amide bonds. The van der Waals surface area contributed by atoms with Crippen LogP contribution in [0.5, 0.6) is 0 Å². The first-order chi connectivity index (χ1) is 14.1. The maximum atomic E-state index is 12.2. The molecule has 1 aliphatic carbocycles. The summed E-state index contributed by atoms with van der Waals surface area (Å²) < 4.78 is 10.4. The van der Waals surface area contributed by atoms with Crippen LogP contribution in [0.4, 0.5) is 4.79 Å². The van der Waals surface area contributed by atoms with Crippen LogP contribution in [-0.2, 0) is 32.1 Å². The van der Waals surface area contributed by atoms with Gasteiger partial charge in [-0.3, -0.25) is 4.79 Å². The van der Waals surface area contributed by atoms with Gasteiger partial charge < -0.3 is 19.9 Å². The van der Waals surface area contributed by atoms with Gasteiger partial charge in [-0.1, -0.05) is 42.5 Å². The van der Waals surface area contributed by atoms with Crippen molar-refractivity contribution >= 4 is 18.0 Å². The van der Waals surface area contributed by atoms with Gasteiger partial charge in [0.2, 0.25) is 0 Å². The molecule has 1 unspecified atom stereocenters. The molecule has 7 heteroatoms. The molecule has 30 heavy (non-hydrogen) atoms. The van der Waals surface area contributed by atoms with Gasteiger partial charge in [-0.05, 0) is 55.0 Å². The van der Waals surface area contributed by atoms with Gasteiger partial charge in [-0.15, -0.1) is 0 Å². The topological polar surface area (TPSA) is 102 Å². The third kappa shape index (κ3) is 5.17. The summed E-state index contributed by atoms with van der Waals surface area (Å²) in [5.74, 6) is -2.05. The van der Waals surface area contributed by atoms with Gasteiger partial charge >= 0.3 is 18.0 Å². The van der Waals surface area contributed by atoms with Crippen LogP contribution in [-0.4, -0.2) is 34.8 Å². The number of alkyl carbamates (subject to hydrolysis) is 1. The second kappa shape index (κ2) is 8.57. The molecule has 158 valence electrons. The fourth-order valence-electron chi connectivity index (χ4n) is 3.44. The van der Waals surface area contributed by atoms with Crippen molar-refractivity contribution in [3.05, 3.63) is 59.2 Å². The fraction of sp³-hybridized carbons (Fsp3) is 0.348. The molecule has 2 aromatic rings. The number of rotatable bonds is 6. The van der Waals surface area contributed by atoms with Crippen LogP contribution in [0.1, 0.15) is 43.9 Å². The maximum absolute atomic E-state index is 12.2. The number of hydrogen-bond acceptors (Lipinski definition) is 5. The highest BCUT2D eigenvalue weighted by molar-refractivity contribution is 5.85. The summed E-state index contributed by atoms with van der Waals surface area (Å²) >= 11 is 0. The molecule has 1 aliphatic rings. The summed E-state index contributed by atoms with van der Waals surface area (Å²) in [6.45, 7) is 5.04. The second-order valence-corrected chi connectivity index (χ2v) is 8.18. The number of carbonyl (C=O) groups is 3. The van der Waals surface area contributed by atoms with Crippen LogP contribution in [0, 0.1) is 0 Å². The molecule has 1 atom stereocenters. The first-order valence-corrected chi connectivity index (χ1v) is 9.71. The van der Waals surface area contributed by atoms with Gasteiger partial charge in [-0.25, -0.2) is 9.59 Å². The van der Waals surface area contributed by atoms with Gasteiger partial charge in [0, 0.05) is 0 Å². The summed E-state index contributed by atoms with van der Waals surface area (Å²) in [5, 5.41) is 11.5. The minimum Gasteiger partial charge on any atom is -0.480 e. The highest BCUT2D eigenvalue weighted by Crippen LogP contribution is 2.38. The van der Waals surface area contributed by atoms with Crippen molar-refractivity contribution in [2.45, 2.75) is 51.9 Å². The molecule has 0 heterocycles. The first kappa shape index (κ1) is 21.4. The van der Waals surface area contributed by atoms with E-state index in [0.717, 1.165) is 23.1 Å². The van der Waals surface area contributed by atoms with Crippen molar-refractivity contribution in [2.75, 3.05) is 0 Å². The molecule has 2 aromatic carbocycles. The van der Waals surface area contributed by atoms with Crippen LogP contribution in [0.3, 0.4) is 0 Å².